The van der Waals surface area contributed by atoms with Crippen molar-refractivity contribution in [2.24, 2.45) is 4.99 Å². The third-order valence-electron chi connectivity index (χ3n) is 1.31. The molecule has 12 heavy (non-hydrogen) atoms. The van der Waals surface area contributed by atoms with Crippen LogP contribution >= 0.6 is 0 Å². The van der Waals surface area contributed by atoms with E-state index in [1.807, 2.05) is 0 Å². The fraction of sp³-hybridized carbons (Fsp3) is 0.667. The summed E-state index contributed by atoms with van der Waals surface area (Å²) >= 11 is 0. The maximum atomic E-state index is 9.80. The topological polar surface area (TPSA) is 29.4 Å². The molecule has 0 N–H and O–H groups in total. The summed E-state index contributed by atoms with van der Waals surface area (Å²) in [6, 6.07) is 0. The van der Waals surface area contributed by atoms with Crippen molar-refractivity contribution in [1.82, 2.24) is 0 Å². The van der Waals surface area contributed by atoms with Crippen LogP contribution in [0.1, 0.15) is 33.1 Å². The largest absolute Gasteiger partial charge is 2.00 e. The first-order valence-corrected chi connectivity index (χ1v) is 3.72. The van der Waals surface area contributed by atoms with Crippen molar-refractivity contribution in [1.29, 1.82) is 0 Å². The standard InChI is InChI=1S/C8H14NO.CH3.U/c1-3-5-8(4-2)9-6-7-10;;/h3-6H2,1-2H3;1H3;/q2*-1;+2. The van der Waals surface area contributed by atoms with Gasteiger partial charge in [-0.25, -0.2) is 6.29 Å². The summed E-state index contributed by atoms with van der Waals surface area (Å²) in [5.74, 6) is 0. The van der Waals surface area contributed by atoms with Gasteiger partial charge in [-0.1, -0.05) is 26.8 Å². The Morgan fingerprint density at radius 3 is 2.33 bits per heavy atom. The molecule has 0 amide bonds. The van der Waals surface area contributed by atoms with Gasteiger partial charge in [-0.3, -0.25) is 0 Å². The molecule has 3 heteroatoms. The van der Waals surface area contributed by atoms with Crippen molar-refractivity contribution >= 4 is 12.0 Å². The molecule has 0 saturated heterocycles. The van der Waals surface area contributed by atoms with Gasteiger partial charge < -0.3 is 17.2 Å². The Morgan fingerprint density at radius 2 is 2.00 bits per heavy atom. The third kappa shape index (κ3) is 10.4. The van der Waals surface area contributed by atoms with Gasteiger partial charge in [0.25, 0.3) is 0 Å². The molecule has 0 aromatic carbocycles. The SMILES string of the molecule is CCCC(CC)=NC[C-]=O.[CH3-].[U+2]. The van der Waals surface area contributed by atoms with Crippen LogP contribution in [0.5, 0.6) is 0 Å². The Hall–Kier alpha value is 0.392. The van der Waals surface area contributed by atoms with E-state index in [1.165, 1.54) is 0 Å². The first kappa shape index (κ1) is 18.2. The Bertz CT molecular complexity index is 124. The van der Waals surface area contributed by atoms with Gasteiger partial charge in [0.2, 0.25) is 0 Å². The molecule has 0 spiro atoms. The van der Waals surface area contributed by atoms with Crippen LogP contribution in [0.4, 0.5) is 0 Å². The number of hydrogen-bond acceptors (Lipinski definition) is 2. The van der Waals surface area contributed by atoms with Gasteiger partial charge in [0.15, 0.2) is 0 Å². The summed E-state index contributed by atoms with van der Waals surface area (Å²) in [5.41, 5.74) is 1.13. The van der Waals surface area contributed by atoms with Gasteiger partial charge in [-0.2, -0.15) is 0 Å². The van der Waals surface area contributed by atoms with Gasteiger partial charge in [0, 0.05) is 5.71 Å². The van der Waals surface area contributed by atoms with Crippen LogP contribution in [0.3, 0.4) is 0 Å². The minimum atomic E-state index is 0. The Balaban J connectivity index is -0.000000405. The van der Waals surface area contributed by atoms with Gasteiger partial charge in [-0.05, 0) is 12.8 Å². The molecule has 0 atom stereocenters. The molecule has 0 unspecified atom stereocenters. The number of rotatable bonds is 5. The average molecular weight is 393 g/mol. The summed E-state index contributed by atoms with van der Waals surface area (Å²) in [6.07, 6.45) is 4.82. The zero-order valence-corrected chi connectivity index (χ0v) is 12.3. The zero-order chi connectivity index (χ0) is 7.82. The molecule has 0 fully saturated rings. The number of aliphatic imine (C=N–C) groups is 1. The summed E-state index contributed by atoms with van der Waals surface area (Å²) in [4.78, 5) is 13.8. The maximum Gasteiger partial charge on any atom is 2.00 e. The molecule has 0 bridgehead atoms. The van der Waals surface area contributed by atoms with Crippen molar-refractivity contribution < 1.29 is 35.9 Å². The molecule has 68 valence electrons. The van der Waals surface area contributed by atoms with Gasteiger partial charge in [0.05, 0.1) is 0 Å². The molecular formula is C9H17NOU. The van der Waals surface area contributed by atoms with Crippen molar-refractivity contribution in [3.8, 4) is 0 Å². The molecule has 0 rings (SSSR count). The van der Waals surface area contributed by atoms with E-state index in [2.05, 4.69) is 18.8 Å². The van der Waals surface area contributed by atoms with E-state index in [1.54, 1.807) is 6.29 Å². The minimum absolute atomic E-state index is 0. The van der Waals surface area contributed by atoms with E-state index < -0.39 is 0 Å². The molecule has 0 heterocycles. The van der Waals surface area contributed by atoms with Crippen LogP contribution in [0.15, 0.2) is 4.99 Å². The fourth-order valence-corrected chi connectivity index (χ4v) is 0.800. The summed E-state index contributed by atoms with van der Waals surface area (Å²) < 4.78 is 0. The van der Waals surface area contributed by atoms with Crippen LogP contribution in [0.25, 0.3) is 0 Å². The zero-order valence-electron chi connectivity index (χ0n) is 8.18. The van der Waals surface area contributed by atoms with E-state index >= 15 is 0 Å². The quantitative estimate of drug-likeness (QED) is 0.520. The number of carbonyl (C=O) groups excluding carboxylic acids is 1. The van der Waals surface area contributed by atoms with Crippen LogP contribution in [0.2, 0.25) is 0 Å². The van der Waals surface area contributed by atoms with Gasteiger partial charge in [0.1, 0.15) is 0 Å². The van der Waals surface area contributed by atoms with E-state index in [9.17, 15) is 4.79 Å². The Kier molecular flexibility index (Phi) is 21.2. The van der Waals surface area contributed by atoms with Crippen molar-refractivity contribution in [3.63, 3.8) is 0 Å². The fourth-order valence-electron chi connectivity index (χ4n) is 0.800. The smallest absolute Gasteiger partial charge is 0.540 e. The van der Waals surface area contributed by atoms with Gasteiger partial charge >= 0.3 is 31.1 Å². The third-order valence-corrected chi connectivity index (χ3v) is 1.31. The maximum absolute atomic E-state index is 9.80. The molecule has 0 radical (unpaired) electrons. The molecule has 0 aromatic heterocycles. The Labute approximate surface area is 99.6 Å². The average Bonchev–Trinajstić information content (AvgIpc) is 1.98. The van der Waals surface area contributed by atoms with Crippen molar-refractivity contribution in [2.45, 2.75) is 33.1 Å². The minimum Gasteiger partial charge on any atom is -0.540 e. The molecule has 0 aliphatic heterocycles. The summed E-state index contributed by atoms with van der Waals surface area (Å²) in [5, 5.41) is 0. The number of hydrogen-bond donors (Lipinski definition) is 0. The molecule has 0 aromatic rings. The summed E-state index contributed by atoms with van der Waals surface area (Å²) in [7, 11) is 0. The summed E-state index contributed by atoms with van der Waals surface area (Å²) in [6.45, 7) is 4.37. The van der Waals surface area contributed by atoms with Gasteiger partial charge in [-0.15, -0.1) is 0 Å². The second-order valence-electron chi connectivity index (χ2n) is 2.13. The molecular weight excluding hydrogens is 376 g/mol. The molecule has 0 saturated carbocycles. The van der Waals surface area contributed by atoms with Crippen LogP contribution < -0.4 is 0 Å². The van der Waals surface area contributed by atoms with E-state index in [0.717, 1.165) is 25.0 Å². The van der Waals surface area contributed by atoms with Crippen LogP contribution in [0, 0.1) is 38.5 Å². The van der Waals surface area contributed by atoms with Crippen molar-refractivity contribution in [3.05, 3.63) is 7.43 Å². The molecule has 0 aliphatic carbocycles. The van der Waals surface area contributed by atoms with Crippen LogP contribution in [-0.2, 0) is 4.79 Å². The monoisotopic (exact) mass is 393 g/mol. The van der Waals surface area contributed by atoms with Crippen molar-refractivity contribution in [2.75, 3.05) is 6.54 Å². The number of nitrogens with zero attached hydrogens (tertiary/aromatic N) is 1. The van der Waals surface area contributed by atoms with Crippen LogP contribution in [-0.4, -0.2) is 18.5 Å². The first-order chi connectivity index (χ1) is 4.85. The molecule has 2 nitrogen and oxygen atoms in total. The van der Waals surface area contributed by atoms with E-state index in [4.69, 9.17) is 0 Å². The Morgan fingerprint density at radius 1 is 1.42 bits per heavy atom. The predicted molar refractivity (Wildman–Crippen MR) is 49.6 cm³/mol. The predicted octanol–water partition coefficient (Wildman–Crippen LogP) is 2.20. The molecule has 0 aliphatic rings. The first-order valence-electron chi connectivity index (χ1n) is 3.72. The van der Waals surface area contributed by atoms with E-state index in [0.29, 0.717) is 0 Å². The second-order valence-corrected chi connectivity index (χ2v) is 2.13. The van der Waals surface area contributed by atoms with E-state index in [-0.39, 0.29) is 45.1 Å². The second kappa shape index (κ2) is 13.9. The normalized spacial score (nSPS) is 9.67.